The van der Waals surface area contributed by atoms with E-state index in [1.54, 1.807) is 0 Å². The first-order chi connectivity index (χ1) is 20.4. The third-order valence-electron chi connectivity index (χ3n) is 8.67. The van der Waals surface area contributed by atoms with Gasteiger partial charge in [0.2, 0.25) is 5.91 Å². The van der Waals surface area contributed by atoms with Gasteiger partial charge in [-0.05, 0) is 53.0 Å². The highest BCUT2D eigenvalue weighted by atomic mass is 16.5. The van der Waals surface area contributed by atoms with E-state index in [4.69, 9.17) is 9.47 Å². The molecule has 0 aromatic heterocycles. The van der Waals surface area contributed by atoms with Gasteiger partial charge in [-0.2, -0.15) is 0 Å². The number of nitrogens with zero attached hydrogens (tertiary/aromatic N) is 1. The fourth-order valence-electron chi connectivity index (χ4n) is 6.50. The summed E-state index contributed by atoms with van der Waals surface area (Å²) < 4.78 is 11.0. The standard InChI is InChI=1S/C33H32N2O7/c36-29(41-19-21-9-2-1-3-10-21)17-28(30(37)35-16-8-11-22-18-33(22,35)31(38)39)34-32(40)42-20-27-25-14-6-4-12-23(25)24-13-5-7-15-26(24)27/h1-7,9-10,12-15,22,27-28H,8,11,16-20H2,(H,34,40)(H,38,39)/t22?,28-,33?/m0/s1. The van der Waals surface area contributed by atoms with Crippen molar-refractivity contribution in [1.29, 1.82) is 0 Å². The van der Waals surface area contributed by atoms with Crippen LogP contribution in [0, 0.1) is 5.92 Å². The normalized spacial score (nSPS) is 20.9. The largest absolute Gasteiger partial charge is 0.479 e. The van der Waals surface area contributed by atoms with Gasteiger partial charge in [-0.3, -0.25) is 9.59 Å². The molecule has 1 heterocycles. The van der Waals surface area contributed by atoms with Gasteiger partial charge >= 0.3 is 18.0 Å². The van der Waals surface area contributed by atoms with Crippen molar-refractivity contribution < 1.29 is 33.8 Å². The lowest BCUT2D eigenvalue weighted by molar-refractivity contribution is -0.157. The SMILES string of the molecule is O=C(C[C@H](NC(=O)OCC1c2ccccc2-c2ccccc21)C(=O)N1CCCC2CC21C(=O)O)OCc1ccccc1. The molecule has 9 heteroatoms. The average Bonchev–Trinajstić information content (AvgIpc) is 3.70. The number of aliphatic carboxylic acids is 1. The second-order valence-electron chi connectivity index (χ2n) is 11.1. The summed E-state index contributed by atoms with van der Waals surface area (Å²) in [5, 5.41) is 12.5. The number of rotatable bonds is 9. The molecule has 42 heavy (non-hydrogen) atoms. The number of fused-ring (bicyclic) bond motifs is 4. The predicted molar refractivity (Wildman–Crippen MR) is 152 cm³/mol. The highest BCUT2D eigenvalue weighted by Crippen LogP contribution is 2.54. The number of hydrogen-bond donors (Lipinski definition) is 2. The number of benzene rings is 3. The quantitative estimate of drug-likeness (QED) is 0.365. The maximum absolute atomic E-state index is 13.8. The number of amides is 2. The number of carbonyl (C=O) groups is 4. The topological polar surface area (TPSA) is 122 Å². The molecule has 9 nitrogen and oxygen atoms in total. The van der Waals surface area contributed by atoms with E-state index in [9.17, 15) is 24.3 Å². The molecule has 216 valence electrons. The minimum atomic E-state index is -1.33. The van der Waals surface area contributed by atoms with Gasteiger partial charge < -0.3 is 24.8 Å². The van der Waals surface area contributed by atoms with E-state index in [1.165, 1.54) is 4.90 Å². The van der Waals surface area contributed by atoms with E-state index >= 15 is 0 Å². The Bertz CT molecular complexity index is 1480. The minimum Gasteiger partial charge on any atom is -0.479 e. The molecule has 3 aromatic carbocycles. The third-order valence-corrected chi connectivity index (χ3v) is 8.67. The van der Waals surface area contributed by atoms with Crippen LogP contribution in [0.15, 0.2) is 78.9 Å². The van der Waals surface area contributed by atoms with Gasteiger partial charge in [-0.1, -0.05) is 78.9 Å². The van der Waals surface area contributed by atoms with Crippen molar-refractivity contribution in [1.82, 2.24) is 10.2 Å². The van der Waals surface area contributed by atoms with E-state index in [2.05, 4.69) is 5.32 Å². The molecule has 2 fully saturated rings. The molecule has 0 radical (unpaired) electrons. The molecule has 2 aliphatic carbocycles. The molecular formula is C33H32N2O7. The zero-order chi connectivity index (χ0) is 29.3. The molecule has 3 aromatic rings. The van der Waals surface area contributed by atoms with Crippen molar-refractivity contribution in [3.63, 3.8) is 0 Å². The second-order valence-corrected chi connectivity index (χ2v) is 11.1. The van der Waals surface area contributed by atoms with Crippen LogP contribution in [-0.2, 0) is 30.5 Å². The van der Waals surface area contributed by atoms with Gasteiger partial charge in [0.25, 0.3) is 0 Å². The molecule has 3 atom stereocenters. The summed E-state index contributed by atoms with van der Waals surface area (Å²) in [4.78, 5) is 53.3. The Labute approximate surface area is 243 Å². The number of carboxylic acids is 1. The maximum Gasteiger partial charge on any atom is 0.407 e. The highest BCUT2D eigenvalue weighted by Gasteiger charge is 2.67. The van der Waals surface area contributed by atoms with Crippen LogP contribution in [0.5, 0.6) is 0 Å². The zero-order valence-electron chi connectivity index (χ0n) is 23.0. The summed E-state index contributed by atoms with van der Waals surface area (Å²) >= 11 is 0. The lowest BCUT2D eigenvalue weighted by Crippen LogP contribution is -2.58. The van der Waals surface area contributed by atoms with E-state index in [1.807, 2.05) is 78.9 Å². The molecule has 1 saturated heterocycles. The Morgan fingerprint density at radius 3 is 2.21 bits per heavy atom. The summed E-state index contributed by atoms with van der Waals surface area (Å²) in [7, 11) is 0. The molecule has 2 amide bonds. The first kappa shape index (κ1) is 27.5. The number of ether oxygens (including phenoxy) is 2. The first-order valence-corrected chi connectivity index (χ1v) is 14.2. The Morgan fingerprint density at radius 2 is 1.55 bits per heavy atom. The Hall–Kier alpha value is -4.66. The summed E-state index contributed by atoms with van der Waals surface area (Å²) in [6, 6.07) is 23.7. The summed E-state index contributed by atoms with van der Waals surface area (Å²) in [6.07, 6.45) is 0.429. The molecular weight excluding hydrogens is 536 g/mol. The number of alkyl carbamates (subject to hydrolysis) is 1. The molecule has 6 rings (SSSR count). The fraction of sp³-hybridized carbons (Fsp3) is 0.333. The number of nitrogens with one attached hydrogen (secondary N) is 1. The number of piperidine rings is 1. The number of carboxylic acid groups (broad SMARTS) is 1. The maximum atomic E-state index is 13.8. The van der Waals surface area contributed by atoms with Crippen LogP contribution >= 0.6 is 0 Å². The first-order valence-electron chi connectivity index (χ1n) is 14.2. The Kier molecular flexibility index (Phi) is 7.41. The monoisotopic (exact) mass is 568 g/mol. The Morgan fingerprint density at radius 1 is 0.905 bits per heavy atom. The molecule has 0 spiro atoms. The van der Waals surface area contributed by atoms with Crippen LogP contribution in [0.1, 0.15) is 48.3 Å². The summed E-state index contributed by atoms with van der Waals surface area (Å²) in [5.74, 6) is -2.69. The van der Waals surface area contributed by atoms with Crippen LogP contribution in [-0.4, -0.2) is 58.7 Å². The van der Waals surface area contributed by atoms with E-state index in [0.717, 1.165) is 34.2 Å². The van der Waals surface area contributed by atoms with Crippen LogP contribution < -0.4 is 5.32 Å². The number of likely N-dealkylation sites (tertiary alicyclic amines) is 1. The number of hydrogen-bond acceptors (Lipinski definition) is 6. The summed E-state index contributed by atoms with van der Waals surface area (Å²) in [5.41, 5.74) is 3.74. The predicted octanol–water partition coefficient (Wildman–Crippen LogP) is 4.49. The van der Waals surface area contributed by atoms with E-state index < -0.39 is 41.9 Å². The van der Waals surface area contributed by atoms with E-state index in [-0.39, 0.29) is 31.6 Å². The molecule has 1 aliphatic heterocycles. The van der Waals surface area contributed by atoms with Gasteiger partial charge in [-0.15, -0.1) is 0 Å². The third kappa shape index (κ3) is 5.11. The minimum absolute atomic E-state index is 0.0103. The van der Waals surface area contributed by atoms with Gasteiger partial charge in [-0.25, -0.2) is 9.59 Å². The summed E-state index contributed by atoms with van der Waals surface area (Å²) in [6.45, 7) is 0.282. The smallest absolute Gasteiger partial charge is 0.407 e. The Balaban J connectivity index is 1.16. The molecule has 0 bridgehead atoms. The molecule has 1 saturated carbocycles. The van der Waals surface area contributed by atoms with Crippen LogP contribution in [0.4, 0.5) is 4.79 Å². The average molecular weight is 569 g/mol. The van der Waals surface area contributed by atoms with Crippen molar-refractivity contribution in [2.75, 3.05) is 13.2 Å². The molecule has 3 aliphatic rings. The van der Waals surface area contributed by atoms with Crippen LogP contribution in [0.2, 0.25) is 0 Å². The van der Waals surface area contributed by atoms with Crippen LogP contribution in [0.3, 0.4) is 0 Å². The number of esters is 1. The second kappa shape index (κ2) is 11.3. The van der Waals surface area contributed by atoms with Crippen LogP contribution in [0.25, 0.3) is 11.1 Å². The number of carbonyl (C=O) groups excluding carboxylic acids is 3. The van der Waals surface area contributed by atoms with Gasteiger partial charge in [0.15, 0.2) is 0 Å². The van der Waals surface area contributed by atoms with Gasteiger partial charge in [0.1, 0.15) is 24.8 Å². The van der Waals surface area contributed by atoms with Crippen molar-refractivity contribution >= 4 is 23.9 Å². The van der Waals surface area contributed by atoms with Crippen molar-refractivity contribution in [2.45, 2.75) is 49.8 Å². The molecule has 2 unspecified atom stereocenters. The van der Waals surface area contributed by atoms with Gasteiger partial charge in [0.05, 0.1) is 6.42 Å². The molecule has 2 N–H and O–H groups in total. The van der Waals surface area contributed by atoms with E-state index in [0.29, 0.717) is 12.8 Å². The van der Waals surface area contributed by atoms with Crippen molar-refractivity contribution in [2.24, 2.45) is 5.92 Å². The lowest BCUT2D eigenvalue weighted by Gasteiger charge is -2.36. The van der Waals surface area contributed by atoms with Gasteiger partial charge in [0, 0.05) is 12.5 Å². The highest BCUT2D eigenvalue weighted by molar-refractivity contribution is 5.95. The zero-order valence-corrected chi connectivity index (χ0v) is 23.0. The van der Waals surface area contributed by atoms with Crippen molar-refractivity contribution in [3.05, 3.63) is 95.6 Å². The van der Waals surface area contributed by atoms with Crippen molar-refractivity contribution in [3.8, 4) is 11.1 Å². The lowest BCUT2D eigenvalue weighted by atomic mass is 9.98. The fourth-order valence-corrected chi connectivity index (χ4v) is 6.50.